The Morgan fingerprint density at radius 2 is 1.84 bits per heavy atom. The van der Waals surface area contributed by atoms with Crippen LogP contribution in [0.3, 0.4) is 0 Å². The van der Waals surface area contributed by atoms with Crippen molar-refractivity contribution >= 4 is 59.0 Å². The highest BCUT2D eigenvalue weighted by Gasteiger charge is 2.19. The first-order valence-electron chi connectivity index (χ1n) is 9.84. The summed E-state index contributed by atoms with van der Waals surface area (Å²) in [6.07, 6.45) is 1.19. The molecule has 0 aromatic heterocycles. The summed E-state index contributed by atoms with van der Waals surface area (Å²) in [6.45, 7) is 2.67. The first-order chi connectivity index (χ1) is 14.5. The molecule has 1 fully saturated rings. The molecule has 0 spiro atoms. The quantitative estimate of drug-likeness (QED) is 0.0955. The highest BCUT2D eigenvalue weighted by Crippen LogP contribution is 2.20. The van der Waals surface area contributed by atoms with Gasteiger partial charge in [0.1, 0.15) is 0 Å². The maximum Gasteiger partial charge on any atom is 0.269 e. The second kappa shape index (κ2) is 13.1. The number of hydrogen-bond acceptors (Lipinski definition) is 5. The Morgan fingerprint density at radius 3 is 2.45 bits per heavy atom. The Labute approximate surface area is 208 Å². The lowest BCUT2D eigenvalue weighted by atomic mass is 10.1. The molecule has 2 N–H and O–H groups in total. The number of nitrogens with one attached hydrogen (secondary N) is 1. The van der Waals surface area contributed by atoms with Gasteiger partial charge in [0.25, 0.3) is 5.69 Å². The van der Waals surface area contributed by atoms with Crippen LogP contribution in [-0.2, 0) is 6.54 Å². The summed E-state index contributed by atoms with van der Waals surface area (Å²) in [6, 6.07) is 14.2. The molecule has 1 aliphatic rings. The van der Waals surface area contributed by atoms with Crippen LogP contribution in [-0.4, -0.2) is 52.4 Å². The predicted octanol–water partition coefficient (Wildman–Crippen LogP) is 4.56. The van der Waals surface area contributed by atoms with E-state index in [1.54, 1.807) is 23.9 Å². The molecule has 2 aromatic carbocycles. The molecule has 10 heteroatoms. The minimum atomic E-state index is -0.405. The Kier molecular flexibility index (Phi) is 10.9. The predicted molar refractivity (Wildman–Crippen MR) is 137 cm³/mol. The van der Waals surface area contributed by atoms with Gasteiger partial charge in [0.05, 0.1) is 17.6 Å². The second-order valence-corrected chi connectivity index (χ2v) is 8.62. The molecule has 0 bridgehead atoms. The van der Waals surface area contributed by atoms with Gasteiger partial charge in [-0.05, 0) is 42.7 Å². The molecule has 1 saturated heterocycles. The third kappa shape index (κ3) is 8.47. The third-order valence-electron chi connectivity index (χ3n) is 4.79. The van der Waals surface area contributed by atoms with Crippen molar-refractivity contribution in [2.75, 3.05) is 25.4 Å². The van der Waals surface area contributed by atoms with Crippen LogP contribution in [0.5, 0.6) is 0 Å². The Balaban J connectivity index is 0.00000341. The number of piperidine rings is 1. The summed E-state index contributed by atoms with van der Waals surface area (Å²) in [7, 11) is 0. The number of aliphatic hydroxyl groups is 1. The number of thioether (sulfide) groups is 1. The van der Waals surface area contributed by atoms with Crippen molar-refractivity contribution in [3.05, 3.63) is 69.2 Å². The first kappa shape index (κ1) is 25.7. The summed E-state index contributed by atoms with van der Waals surface area (Å²) >= 11 is 7.66. The Morgan fingerprint density at radius 1 is 1.19 bits per heavy atom. The molecule has 168 valence electrons. The summed E-state index contributed by atoms with van der Waals surface area (Å²) < 4.78 is 0. The lowest BCUT2D eigenvalue weighted by Crippen LogP contribution is -2.47. The number of guanidine groups is 1. The van der Waals surface area contributed by atoms with Gasteiger partial charge < -0.3 is 15.3 Å². The first-order valence-corrected chi connectivity index (χ1v) is 11.2. The number of aliphatic imine (C=N–C) groups is 1. The van der Waals surface area contributed by atoms with Crippen LogP contribution < -0.4 is 5.32 Å². The standard InChI is InChI=1S/C21H25ClN4O3S.HI/c22-17-3-7-20(8-4-17)30-14-11-23-21(25-12-9-19(27)10-13-25)24-15-16-1-5-18(6-2-16)26(28)29;/h1-8,19,27H,9-15H2,(H,23,24);1H. The fourth-order valence-corrected chi connectivity index (χ4v) is 3.99. The highest BCUT2D eigenvalue weighted by atomic mass is 127. The minimum Gasteiger partial charge on any atom is -0.393 e. The lowest BCUT2D eigenvalue weighted by Gasteiger charge is -2.32. The van der Waals surface area contributed by atoms with Crippen LogP contribution in [0, 0.1) is 10.1 Å². The van der Waals surface area contributed by atoms with Crippen LogP contribution in [0.1, 0.15) is 18.4 Å². The van der Waals surface area contributed by atoms with Crippen molar-refractivity contribution in [2.45, 2.75) is 30.4 Å². The maximum atomic E-state index is 10.8. The average molecular weight is 577 g/mol. The van der Waals surface area contributed by atoms with Gasteiger partial charge in [-0.3, -0.25) is 10.1 Å². The highest BCUT2D eigenvalue weighted by molar-refractivity contribution is 14.0. The van der Waals surface area contributed by atoms with Crippen LogP contribution in [0.15, 0.2) is 58.4 Å². The number of benzene rings is 2. The van der Waals surface area contributed by atoms with Crippen LogP contribution in [0.4, 0.5) is 5.69 Å². The third-order valence-corrected chi connectivity index (χ3v) is 6.06. The summed E-state index contributed by atoms with van der Waals surface area (Å²) in [5.41, 5.74) is 0.984. The normalized spacial score (nSPS) is 14.8. The molecule has 31 heavy (non-hydrogen) atoms. The summed E-state index contributed by atoms with van der Waals surface area (Å²) in [5, 5.41) is 24.8. The lowest BCUT2D eigenvalue weighted by molar-refractivity contribution is -0.384. The fraction of sp³-hybridized carbons (Fsp3) is 0.381. The van der Waals surface area contributed by atoms with E-state index in [9.17, 15) is 15.2 Å². The molecular formula is C21H26ClIN4O3S. The zero-order valence-electron chi connectivity index (χ0n) is 16.9. The number of hydrogen-bond donors (Lipinski definition) is 2. The van der Waals surface area contributed by atoms with Gasteiger partial charge in [-0.25, -0.2) is 4.99 Å². The molecule has 1 aliphatic heterocycles. The topological polar surface area (TPSA) is 91.0 Å². The second-order valence-electron chi connectivity index (χ2n) is 7.01. The average Bonchev–Trinajstić information content (AvgIpc) is 2.75. The number of likely N-dealkylation sites (tertiary alicyclic amines) is 1. The molecule has 0 aliphatic carbocycles. The van der Waals surface area contributed by atoms with E-state index in [0.717, 1.165) is 59.7 Å². The zero-order chi connectivity index (χ0) is 21.3. The number of aliphatic hydroxyl groups excluding tert-OH is 1. The molecule has 0 radical (unpaired) electrons. The molecule has 7 nitrogen and oxygen atoms in total. The SMILES string of the molecule is I.O=[N+]([O-])c1ccc(CN=C(NCCSc2ccc(Cl)cc2)N2CCC(O)CC2)cc1. The van der Waals surface area contributed by atoms with Gasteiger partial charge >= 0.3 is 0 Å². The van der Waals surface area contributed by atoms with E-state index < -0.39 is 4.92 Å². The molecule has 2 aromatic rings. The van der Waals surface area contributed by atoms with E-state index in [1.165, 1.54) is 12.1 Å². The van der Waals surface area contributed by atoms with Crippen molar-refractivity contribution < 1.29 is 10.0 Å². The van der Waals surface area contributed by atoms with E-state index in [1.807, 2.05) is 24.3 Å². The van der Waals surface area contributed by atoms with Crippen LogP contribution >= 0.6 is 47.3 Å². The smallest absolute Gasteiger partial charge is 0.269 e. The summed E-state index contributed by atoms with van der Waals surface area (Å²) in [4.78, 5) is 18.4. The van der Waals surface area contributed by atoms with Crippen molar-refractivity contribution in [3.63, 3.8) is 0 Å². The molecule has 0 atom stereocenters. The minimum absolute atomic E-state index is 0. The van der Waals surface area contributed by atoms with E-state index >= 15 is 0 Å². The largest absolute Gasteiger partial charge is 0.393 e. The van der Waals surface area contributed by atoms with Gasteiger partial charge in [-0.2, -0.15) is 0 Å². The van der Waals surface area contributed by atoms with Crippen molar-refractivity contribution in [1.82, 2.24) is 10.2 Å². The summed E-state index contributed by atoms with van der Waals surface area (Å²) in [5.74, 6) is 1.67. The number of halogens is 2. The van der Waals surface area contributed by atoms with Gasteiger partial charge in [0.2, 0.25) is 0 Å². The van der Waals surface area contributed by atoms with E-state index in [4.69, 9.17) is 16.6 Å². The maximum absolute atomic E-state index is 10.8. The monoisotopic (exact) mass is 576 g/mol. The van der Waals surface area contributed by atoms with Crippen molar-refractivity contribution in [3.8, 4) is 0 Å². The van der Waals surface area contributed by atoms with Crippen LogP contribution in [0.2, 0.25) is 5.02 Å². The molecular weight excluding hydrogens is 551 g/mol. The molecule has 0 unspecified atom stereocenters. The van der Waals surface area contributed by atoms with E-state index in [0.29, 0.717) is 6.54 Å². The van der Waals surface area contributed by atoms with Gasteiger partial charge in [-0.1, -0.05) is 23.7 Å². The molecule has 3 rings (SSSR count). The fourth-order valence-electron chi connectivity index (χ4n) is 3.10. The van der Waals surface area contributed by atoms with Crippen molar-refractivity contribution in [2.24, 2.45) is 4.99 Å². The Hall–Kier alpha value is -1.56. The number of non-ortho nitro benzene ring substituents is 1. The molecule has 0 amide bonds. The number of nitro benzene ring substituents is 1. The molecule has 1 heterocycles. The van der Waals surface area contributed by atoms with Gasteiger partial charge in [0, 0.05) is 47.4 Å². The zero-order valence-corrected chi connectivity index (χ0v) is 20.8. The number of nitro groups is 1. The van der Waals surface area contributed by atoms with Crippen LogP contribution in [0.25, 0.3) is 0 Å². The number of nitrogens with zero attached hydrogens (tertiary/aromatic N) is 3. The van der Waals surface area contributed by atoms with Gasteiger partial charge in [-0.15, -0.1) is 35.7 Å². The van der Waals surface area contributed by atoms with Crippen molar-refractivity contribution in [1.29, 1.82) is 0 Å². The van der Waals surface area contributed by atoms with E-state index in [-0.39, 0.29) is 35.8 Å². The number of rotatable bonds is 7. The Bertz CT molecular complexity index is 860. The molecule has 0 saturated carbocycles. The van der Waals surface area contributed by atoms with Gasteiger partial charge in [0.15, 0.2) is 5.96 Å². The van der Waals surface area contributed by atoms with E-state index in [2.05, 4.69) is 10.2 Å².